The van der Waals surface area contributed by atoms with E-state index in [1.807, 2.05) is 32.9 Å². The van der Waals surface area contributed by atoms with Crippen LogP contribution in [0.15, 0.2) is 16.6 Å². The Balaban J connectivity index is 0.00000289. The zero-order valence-corrected chi connectivity index (χ0v) is 13.3. The lowest BCUT2D eigenvalue weighted by atomic mass is 10.0. The third kappa shape index (κ3) is 4.18. The molecule has 3 nitrogen and oxygen atoms in total. The van der Waals surface area contributed by atoms with Gasteiger partial charge in [0.25, 0.3) is 0 Å². The number of nitrogens with one attached hydrogen (secondary N) is 1. The first kappa shape index (κ1) is 17.3. The third-order valence-corrected chi connectivity index (χ3v) is 3.42. The van der Waals surface area contributed by atoms with Gasteiger partial charge in [-0.1, -0.05) is 29.8 Å². The Morgan fingerprint density at radius 1 is 1.39 bits per heavy atom. The molecule has 0 radical (unpaired) electrons. The number of halogens is 2. The predicted octanol–water partition coefficient (Wildman–Crippen LogP) is 4.14. The molecule has 1 rings (SSSR count). The predicted molar refractivity (Wildman–Crippen MR) is 83.2 cm³/mol. The summed E-state index contributed by atoms with van der Waals surface area (Å²) in [5.74, 6) is 0.0906. The van der Waals surface area contributed by atoms with Crippen molar-refractivity contribution in [3.8, 4) is 0 Å². The van der Waals surface area contributed by atoms with E-state index in [1.165, 1.54) is 0 Å². The first-order valence-electron chi connectivity index (χ1n) is 5.86. The maximum Gasteiger partial charge on any atom is 0.227 e. The molecule has 0 aromatic heterocycles. The molecule has 0 heterocycles. The van der Waals surface area contributed by atoms with Gasteiger partial charge in [-0.2, -0.15) is 0 Å². The lowest BCUT2D eigenvalue weighted by molar-refractivity contribution is -0.120. The van der Waals surface area contributed by atoms with Crippen molar-refractivity contribution in [3.05, 3.63) is 22.2 Å². The van der Waals surface area contributed by atoms with Crippen molar-refractivity contribution < 1.29 is 4.79 Å². The first-order valence-corrected chi connectivity index (χ1v) is 6.65. The molecule has 102 valence electrons. The highest BCUT2D eigenvalue weighted by atomic mass is 79.9. The second kappa shape index (κ2) is 7.64. The highest BCUT2D eigenvalue weighted by Crippen LogP contribution is 2.28. The van der Waals surface area contributed by atoms with Gasteiger partial charge >= 0.3 is 0 Å². The van der Waals surface area contributed by atoms with Crippen molar-refractivity contribution in [2.24, 2.45) is 5.92 Å². The molecule has 1 aromatic carbocycles. The van der Waals surface area contributed by atoms with E-state index in [-0.39, 0.29) is 24.2 Å². The fraction of sp³-hybridized carbons (Fsp3) is 0.462. The van der Waals surface area contributed by atoms with Gasteiger partial charge in [-0.25, -0.2) is 0 Å². The molecule has 1 amide bonds. The van der Waals surface area contributed by atoms with Crippen LogP contribution in [0.4, 0.5) is 11.4 Å². The summed E-state index contributed by atoms with van der Waals surface area (Å²) in [4.78, 5) is 12.0. The summed E-state index contributed by atoms with van der Waals surface area (Å²) in [6, 6.07) is 3.77. The van der Waals surface area contributed by atoms with Crippen LogP contribution in [-0.2, 0) is 4.79 Å². The molecular formula is C13H20BrClN2O. The van der Waals surface area contributed by atoms with E-state index < -0.39 is 0 Å². The number of amides is 1. The lowest BCUT2D eigenvalue weighted by Crippen LogP contribution is -2.22. The van der Waals surface area contributed by atoms with Crippen LogP contribution in [0.25, 0.3) is 0 Å². The van der Waals surface area contributed by atoms with Gasteiger partial charge in [0.2, 0.25) is 5.91 Å². The van der Waals surface area contributed by atoms with Crippen LogP contribution in [-0.4, -0.2) is 5.91 Å². The summed E-state index contributed by atoms with van der Waals surface area (Å²) in [5.41, 5.74) is 8.23. The number of benzene rings is 1. The fourth-order valence-electron chi connectivity index (χ4n) is 1.75. The van der Waals surface area contributed by atoms with Crippen LogP contribution in [0.5, 0.6) is 0 Å². The van der Waals surface area contributed by atoms with Crippen molar-refractivity contribution in [1.29, 1.82) is 0 Å². The number of nitrogens with two attached hydrogens (primary N) is 1. The Hall–Kier alpha value is -0.740. The normalized spacial score (nSPS) is 10.1. The molecule has 0 aliphatic rings. The van der Waals surface area contributed by atoms with E-state index >= 15 is 0 Å². The largest absolute Gasteiger partial charge is 0.397 e. The fourth-order valence-corrected chi connectivity index (χ4v) is 2.32. The molecule has 0 unspecified atom stereocenters. The lowest BCUT2D eigenvalue weighted by Gasteiger charge is -2.15. The molecule has 3 N–H and O–H groups in total. The summed E-state index contributed by atoms with van der Waals surface area (Å²) < 4.78 is 0.920. The highest BCUT2D eigenvalue weighted by Gasteiger charge is 2.15. The Labute approximate surface area is 123 Å². The Bertz CT molecular complexity index is 420. The summed E-state index contributed by atoms with van der Waals surface area (Å²) in [7, 11) is 0. The van der Waals surface area contributed by atoms with E-state index in [1.54, 1.807) is 0 Å². The van der Waals surface area contributed by atoms with Crippen molar-refractivity contribution in [2.45, 2.75) is 33.6 Å². The van der Waals surface area contributed by atoms with E-state index in [9.17, 15) is 4.79 Å². The SMILES string of the molecule is CCC(CC)C(=O)Nc1cc(Br)cc(C)c1N.Cl. The average molecular weight is 336 g/mol. The van der Waals surface area contributed by atoms with Crippen molar-refractivity contribution in [1.82, 2.24) is 0 Å². The number of aryl methyl sites for hydroxylation is 1. The molecule has 0 bridgehead atoms. The van der Waals surface area contributed by atoms with Crippen LogP contribution < -0.4 is 11.1 Å². The number of hydrogen-bond acceptors (Lipinski definition) is 2. The van der Waals surface area contributed by atoms with E-state index in [0.29, 0.717) is 11.4 Å². The first-order chi connectivity index (χ1) is 7.99. The standard InChI is InChI=1S/C13H19BrN2O.ClH/c1-4-9(5-2)13(17)16-11-7-10(14)6-8(3)12(11)15;/h6-7,9H,4-5,15H2,1-3H3,(H,16,17);1H. The molecule has 0 aliphatic heterocycles. The minimum absolute atomic E-state index is 0. The van der Waals surface area contributed by atoms with E-state index in [0.717, 1.165) is 22.9 Å². The van der Waals surface area contributed by atoms with Gasteiger partial charge in [0, 0.05) is 10.4 Å². The van der Waals surface area contributed by atoms with Crippen LogP contribution >= 0.6 is 28.3 Å². The Morgan fingerprint density at radius 2 is 1.94 bits per heavy atom. The number of rotatable bonds is 4. The molecule has 5 heteroatoms. The smallest absolute Gasteiger partial charge is 0.227 e. The minimum Gasteiger partial charge on any atom is -0.397 e. The van der Waals surface area contributed by atoms with Crippen LogP contribution in [0.2, 0.25) is 0 Å². The van der Waals surface area contributed by atoms with Gasteiger partial charge in [-0.15, -0.1) is 12.4 Å². The molecule has 0 saturated carbocycles. The quantitative estimate of drug-likeness (QED) is 0.813. The molecule has 0 atom stereocenters. The number of carbonyl (C=O) groups is 1. The number of nitrogen functional groups attached to an aromatic ring is 1. The maximum atomic E-state index is 12.0. The number of carbonyl (C=O) groups excluding carboxylic acids is 1. The zero-order chi connectivity index (χ0) is 13.0. The van der Waals surface area contributed by atoms with E-state index in [2.05, 4.69) is 21.2 Å². The van der Waals surface area contributed by atoms with Crippen molar-refractivity contribution >= 4 is 45.6 Å². The van der Waals surface area contributed by atoms with Gasteiger partial charge in [0.05, 0.1) is 11.4 Å². The van der Waals surface area contributed by atoms with Gasteiger partial charge in [0.15, 0.2) is 0 Å². The average Bonchev–Trinajstić information content (AvgIpc) is 2.27. The number of hydrogen-bond donors (Lipinski definition) is 2. The zero-order valence-electron chi connectivity index (χ0n) is 10.9. The third-order valence-electron chi connectivity index (χ3n) is 2.97. The molecule has 0 spiro atoms. The van der Waals surface area contributed by atoms with Crippen molar-refractivity contribution in [3.63, 3.8) is 0 Å². The Kier molecular flexibility index (Phi) is 7.33. The van der Waals surface area contributed by atoms with Crippen molar-refractivity contribution in [2.75, 3.05) is 11.1 Å². The molecule has 18 heavy (non-hydrogen) atoms. The maximum absolute atomic E-state index is 12.0. The molecule has 0 fully saturated rings. The van der Waals surface area contributed by atoms with Crippen LogP contribution in [0, 0.1) is 12.8 Å². The van der Waals surface area contributed by atoms with Crippen LogP contribution in [0.1, 0.15) is 32.3 Å². The molecular weight excluding hydrogens is 316 g/mol. The minimum atomic E-state index is 0. The van der Waals surface area contributed by atoms with Gasteiger partial charge in [-0.3, -0.25) is 4.79 Å². The van der Waals surface area contributed by atoms with Gasteiger partial charge < -0.3 is 11.1 Å². The summed E-state index contributed by atoms with van der Waals surface area (Å²) in [5, 5.41) is 2.90. The van der Waals surface area contributed by atoms with Crippen LogP contribution in [0.3, 0.4) is 0 Å². The second-order valence-corrected chi connectivity index (χ2v) is 5.10. The molecule has 0 saturated heterocycles. The monoisotopic (exact) mass is 334 g/mol. The second-order valence-electron chi connectivity index (χ2n) is 4.19. The number of anilines is 2. The van der Waals surface area contributed by atoms with Gasteiger partial charge in [0.1, 0.15) is 0 Å². The molecule has 1 aromatic rings. The Morgan fingerprint density at radius 3 is 2.44 bits per heavy atom. The summed E-state index contributed by atoms with van der Waals surface area (Å²) in [6.45, 7) is 5.96. The topological polar surface area (TPSA) is 55.1 Å². The summed E-state index contributed by atoms with van der Waals surface area (Å²) >= 11 is 3.40. The van der Waals surface area contributed by atoms with E-state index in [4.69, 9.17) is 5.73 Å². The molecule has 0 aliphatic carbocycles. The van der Waals surface area contributed by atoms with Gasteiger partial charge in [-0.05, 0) is 37.5 Å². The highest BCUT2D eigenvalue weighted by molar-refractivity contribution is 9.10. The summed E-state index contributed by atoms with van der Waals surface area (Å²) in [6.07, 6.45) is 1.68.